The lowest BCUT2D eigenvalue weighted by atomic mass is 9.82. The summed E-state index contributed by atoms with van der Waals surface area (Å²) in [7, 11) is 0. The van der Waals surface area contributed by atoms with Gasteiger partial charge in [0.2, 0.25) is 5.91 Å². The Hall–Kier alpha value is -2.77. The molecule has 4 nitrogen and oxygen atoms in total. The predicted octanol–water partition coefficient (Wildman–Crippen LogP) is 3.85. The molecule has 0 aliphatic carbocycles. The second kappa shape index (κ2) is 7.81. The number of anilines is 2. The molecule has 2 aromatic rings. The highest BCUT2D eigenvalue weighted by atomic mass is 19.4. The Bertz CT molecular complexity index is 929. The number of fused-ring (bicyclic) bond motifs is 3. The van der Waals surface area contributed by atoms with Crippen LogP contribution in [-0.4, -0.2) is 38.1 Å². The first-order valence-electron chi connectivity index (χ1n) is 10.0. The molecule has 0 saturated carbocycles. The average molecular weight is 421 g/mol. The van der Waals surface area contributed by atoms with E-state index in [0.717, 1.165) is 17.4 Å². The highest BCUT2D eigenvalue weighted by Crippen LogP contribution is 2.40. The van der Waals surface area contributed by atoms with Gasteiger partial charge in [-0.15, -0.1) is 0 Å². The van der Waals surface area contributed by atoms with Crippen LogP contribution in [-0.2, 0) is 17.4 Å². The van der Waals surface area contributed by atoms with E-state index in [-0.39, 0.29) is 24.2 Å². The minimum absolute atomic E-state index is 0.156. The van der Waals surface area contributed by atoms with Gasteiger partial charge in [-0.2, -0.15) is 13.2 Å². The number of carbonyl (C=O) groups is 1. The fourth-order valence-electron chi connectivity index (χ4n) is 4.49. The van der Waals surface area contributed by atoms with Gasteiger partial charge in [-0.1, -0.05) is 0 Å². The second-order valence-corrected chi connectivity index (χ2v) is 7.73. The smallest absolute Gasteiger partial charge is 0.368 e. The van der Waals surface area contributed by atoms with Crippen LogP contribution in [0, 0.1) is 11.7 Å². The standard InChI is InChI=1S/C22H23F4N3O/c1-2-27-21(30)18-12-14-11-15(22(24,25)26)3-8-19(14)29-10-9-28(13-20(18)29)17-6-4-16(23)5-7-17/h3-8,11,18,20H,2,9-10,12-13H2,1H3,(H,27,30)/t18-,20-/m1/s1. The third kappa shape index (κ3) is 3.82. The summed E-state index contributed by atoms with van der Waals surface area (Å²) in [6, 6.07) is 9.83. The Morgan fingerprint density at radius 2 is 1.87 bits per heavy atom. The van der Waals surface area contributed by atoms with Crippen LogP contribution in [0.4, 0.5) is 28.9 Å². The summed E-state index contributed by atoms with van der Waals surface area (Å²) in [5, 5.41) is 2.83. The van der Waals surface area contributed by atoms with Gasteiger partial charge in [-0.3, -0.25) is 4.79 Å². The molecule has 160 valence electrons. The molecule has 0 radical (unpaired) electrons. The third-order valence-corrected chi connectivity index (χ3v) is 5.92. The van der Waals surface area contributed by atoms with Crippen LogP contribution >= 0.6 is 0 Å². The highest BCUT2D eigenvalue weighted by molar-refractivity contribution is 5.82. The Morgan fingerprint density at radius 3 is 2.53 bits per heavy atom. The van der Waals surface area contributed by atoms with Crippen molar-refractivity contribution in [3.05, 3.63) is 59.4 Å². The maximum atomic E-state index is 13.3. The molecule has 0 unspecified atom stereocenters. The summed E-state index contributed by atoms with van der Waals surface area (Å²) in [6.07, 6.45) is -4.17. The van der Waals surface area contributed by atoms with Crippen LogP contribution in [0.15, 0.2) is 42.5 Å². The lowest BCUT2D eigenvalue weighted by molar-refractivity contribution is -0.137. The second-order valence-electron chi connectivity index (χ2n) is 7.73. The van der Waals surface area contributed by atoms with Crippen LogP contribution in [0.3, 0.4) is 0 Å². The van der Waals surface area contributed by atoms with E-state index in [1.165, 1.54) is 24.3 Å². The van der Waals surface area contributed by atoms with E-state index in [4.69, 9.17) is 0 Å². The molecule has 2 aliphatic heterocycles. The zero-order valence-corrected chi connectivity index (χ0v) is 16.5. The maximum absolute atomic E-state index is 13.3. The van der Waals surface area contributed by atoms with Crippen LogP contribution in [0.1, 0.15) is 18.1 Å². The molecule has 0 spiro atoms. The molecule has 2 aliphatic rings. The molecule has 4 rings (SSSR count). The van der Waals surface area contributed by atoms with E-state index in [2.05, 4.69) is 15.1 Å². The Kier molecular flexibility index (Phi) is 5.34. The highest BCUT2D eigenvalue weighted by Gasteiger charge is 2.42. The minimum Gasteiger partial charge on any atom is -0.368 e. The summed E-state index contributed by atoms with van der Waals surface area (Å²) < 4.78 is 52.9. The van der Waals surface area contributed by atoms with E-state index < -0.39 is 17.7 Å². The predicted molar refractivity (Wildman–Crippen MR) is 107 cm³/mol. The van der Waals surface area contributed by atoms with Gasteiger partial charge in [-0.25, -0.2) is 4.39 Å². The Labute approximate surface area is 172 Å². The molecule has 2 heterocycles. The molecule has 8 heteroatoms. The van der Waals surface area contributed by atoms with Gasteiger partial charge < -0.3 is 15.1 Å². The quantitative estimate of drug-likeness (QED) is 0.765. The molecule has 1 fully saturated rings. The van der Waals surface area contributed by atoms with Gasteiger partial charge in [0.1, 0.15) is 5.82 Å². The van der Waals surface area contributed by atoms with Gasteiger partial charge in [0.15, 0.2) is 0 Å². The fourth-order valence-corrected chi connectivity index (χ4v) is 4.49. The van der Waals surface area contributed by atoms with E-state index in [1.807, 2.05) is 6.92 Å². The molecule has 1 N–H and O–H groups in total. The number of benzene rings is 2. The first-order chi connectivity index (χ1) is 14.3. The van der Waals surface area contributed by atoms with Crippen LogP contribution < -0.4 is 15.1 Å². The van der Waals surface area contributed by atoms with Crippen LogP contribution in [0.2, 0.25) is 0 Å². The van der Waals surface area contributed by atoms with Crippen molar-refractivity contribution in [2.24, 2.45) is 5.92 Å². The van der Waals surface area contributed by atoms with Crippen molar-refractivity contribution in [2.75, 3.05) is 36.0 Å². The molecule has 2 aromatic carbocycles. The van der Waals surface area contributed by atoms with Gasteiger partial charge in [0.05, 0.1) is 17.5 Å². The first-order valence-corrected chi connectivity index (χ1v) is 10.0. The van der Waals surface area contributed by atoms with Crippen molar-refractivity contribution in [1.29, 1.82) is 0 Å². The molecule has 0 bridgehead atoms. The average Bonchev–Trinajstić information content (AvgIpc) is 2.72. The lowest BCUT2D eigenvalue weighted by Gasteiger charge is -2.49. The number of hydrogen-bond acceptors (Lipinski definition) is 3. The molecule has 1 saturated heterocycles. The van der Waals surface area contributed by atoms with E-state index in [0.29, 0.717) is 31.7 Å². The van der Waals surface area contributed by atoms with Gasteiger partial charge in [0.25, 0.3) is 0 Å². The third-order valence-electron chi connectivity index (χ3n) is 5.92. The number of hydrogen-bond donors (Lipinski definition) is 1. The van der Waals surface area contributed by atoms with E-state index in [1.54, 1.807) is 12.1 Å². The number of alkyl halides is 3. The van der Waals surface area contributed by atoms with Crippen molar-refractivity contribution in [3.63, 3.8) is 0 Å². The fraction of sp³-hybridized carbons (Fsp3) is 0.409. The molecule has 1 amide bonds. The molecular weight excluding hydrogens is 398 g/mol. The number of carbonyl (C=O) groups excluding carboxylic acids is 1. The Morgan fingerprint density at radius 1 is 1.13 bits per heavy atom. The molecule has 2 atom stereocenters. The monoisotopic (exact) mass is 421 g/mol. The SMILES string of the molecule is CCNC(=O)[C@@H]1Cc2cc(C(F)(F)F)ccc2N2CCN(c3ccc(F)cc3)C[C@H]12. The van der Waals surface area contributed by atoms with Gasteiger partial charge in [-0.05, 0) is 61.4 Å². The number of nitrogens with zero attached hydrogens (tertiary/aromatic N) is 2. The number of piperazine rings is 1. The minimum atomic E-state index is -4.42. The number of amides is 1. The van der Waals surface area contributed by atoms with Crippen LogP contribution in [0.25, 0.3) is 0 Å². The number of halogens is 4. The molecular formula is C22H23F4N3O. The molecule has 30 heavy (non-hydrogen) atoms. The van der Waals surface area contributed by atoms with Crippen molar-refractivity contribution in [3.8, 4) is 0 Å². The first kappa shape index (κ1) is 20.5. The zero-order chi connectivity index (χ0) is 21.5. The maximum Gasteiger partial charge on any atom is 0.416 e. The summed E-state index contributed by atoms with van der Waals surface area (Å²) in [6.45, 7) is 4.01. The normalized spacial score (nSPS) is 21.1. The van der Waals surface area contributed by atoms with Gasteiger partial charge >= 0.3 is 6.18 Å². The van der Waals surface area contributed by atoms with Crippen LogP contribution in [0.5, 0.6) is 0 Å². The van der Waals surface area contributed by atoms with Crippen molar-refractivity contribution >= 4 is 17.3 Å². The summed E-state index contributed by atoms with van der Waals surface area (Å²) in [4.78, 5) is 17.0. The number of nitrogens with one attached hydrogen (secondary N) is 1. The van der Waals surface area contributed by atoms with Gasteiger partial charge in [0, 0.05) is 37.6 Å². The topological polar surface area (TPSA) is 35.6 Å². The van der Waals surface area contributed by atoms with E-state index >= 15 is 0 Å². The summed E-state index contributed by atoms with van der Waals surface area (Å²) >= 11 is 0. The van der Waals surface area contributed by atoms with Crippen molar-refractivity contribution in [2.45, 2.75) is 25.6 Å². The van der Waals surface area contributed by atoms with E-state index in [9.17, 15) is 22.4 Å². The zero-order valence-electron chi connectivity index (χ0n) is 16.5. The molecule has 0 aromatic heterocycles. The summed E-state index contributed by atoms with van der Waals surface area (Å²) in [5.41, 5.74) is 1.48. The largest absolute Gasteiger partial charge is 0.416 e. The lowest BCUT2D eigenvalue weighted by Crippen LogP contribution is -2.61. The number of rotatable bonds is 3. The van der Waals surface area contributed by atoms with Crippen molar-refractivity contribution < 1.29 is 22.4 Å². The Balaban J connectivity index is 1.68. The van der Waals surface area contributed by atoms with Crippen molar-refractivity contribution in [1.82, 2.24) is 5.32 Å². The summed E-state index contributed by atoms with van der Waals surface area (Å²) in [5.74, 6) is -0.939.